The number of anilines is 1. The minimum absolute atomic E-state index is 0.0287. The van der Waals surface area contributed by atoms with Crippen molar-refractivity contribution in [1.29, 1.82) is 0 Å². The minimum Gasteiger partial charge on any atom is -0.464 e. The lowest BCUT2D eigenvalue weighted by molar-refractivity contribution is 0.0596. The molecule has 5 nitrogen and oxygen atoms in total. The first-order chi connectivity index (χ1) is 8.95. The highest BCUT2D eigenvalue weighted by atomic mass is 19.1. The van der Waals surface area contributed by atoms with Crippen molar-refractivity contribution in [3.63, 3.8) is 0 Å². The summed E-state index contributed by atoms with van der Waals surface area (Å²) in [6.07, 6.45) is 0. The predicted molar refractivity (Wildman–Crippen MR) is 68.7 cm³/mol. The number of halogens is 1. The molecule has 2 rings (SSSR count). The van der Waals surface area contributed by atoms with E-state index in [1.807, 2.05) is 0 Å². The Bertz CT molecular complexity index is 650. The molecule has 0 saturated carbocycles. The number of imidazole rings is 1. The summed E-state index contributed by atoms with van der Waals surface area (Å²) in [5.74, 6) is -0.342. The Balaban J connectivity index is 2.59. The van der Waals surface area contributed by atoms with Crippen LogP contribution in [0.5, 0.6) is 0 Å². The first-order valence-corrected chi connectivity index (χ1v) is 5.65. The van der Waals surface area contributed by atoms with Gasteiger partial charge in [-0.15, -0.1) is 0 Å². The van der Waals surface area contributed by atoms with E-state index in [0.29, 0.717) is 17.1 Å². The number of aryl methyl sites for hydroxylation is 2. The maximum atomic E-state index is 13.6. The van der Waals surface area contributed by atoms with Crippen molar-refractivity contribution in [1.82, 2.24) is 9.55 Å². The number of ether oxygens (including phenoxy) is 1. The number of nitrogen functional groups attached to an aromatic ring is 1. The van der Waals surface area contributed by atoms with Crippen LogP contribution in [0.25, 0.3) is 5.69 Å². The molecule has 0 spiro atoms. The SMILES string of the molecule is COC(=O)c1nc(C)n(-c2ccc(C)c(F)c2)c1N. The molecule has 19 heavy (non-hydrogen) atoms. The van der Waals surface area contributed by atoms with Crippen LogP contribution in [-0.4, -0.2) is 22.6 Å². The molecule has 0 radical (unpaired) electrons. The average Bonchev–Trinajstić information content (AvgIpc) is 2.68. The van der Waals surface area contributed by atoms with E-state index in [9.17, 15) is 9.18 Å². The van der Waals surface area contributed by atoms with Crippen molar-refractivity contribution in [3.8, 4) is 5.69 Å². The van der Waals surface area contributed by atoms with Gasteiger partial charge in [0.2, 0.25) is 0 Å². The van der Waals surface area contributed by atoms with Gasteiger partial charge in [0.05, 0.1) is 12.8 Å². The summed E-state index contributed by atoms with van der Waals surface area (Å²) in [4.78, 5) is 15.6. The third-order valence-electron chi connectivity index (χ3n) is 2.87. The molecule has 2 aromatic rings. The van der Waals surface area contributed by atoms with E-state index in [-0.39, 0.29) is 17.3 Å². The third kappa shape index (κ3) is 2.16. The van der Waals surface area contributed by atoms with Gasteiger partial charge in [-0.2, -0.15) is 0 Å². The largest absolute Gasteiger partial charge is 0.464 e. The van der Waals surface area contributed by atoms with Gasteiger partial charge in [-0.1, -0.05) is 6.07 Å². The zero-order valence-corrected chi connectivity index (χ0v) is 10.9. The molecule has 6 heteroatoms. The van der Waals surface area contributed by atoms with Crippen molar-refractivity contribution in [2.75, 3.05) is 12.8 Å². The van der Waals surface area contributed by atoms with Crippen molar-refractivity contribution >= 4 is 11.8 Å². The molecular weight excluding hydrogens is 249 g/mol. The summed E-state index contributed by atoms with van der Waals surface area (Å²) in [5, 5.41) is 0. The molecule has 0 amide bonds. The summed E-state index contributed by atoms with van der Waals surface area (Å²) >= 11 is 0. The van der Waals surface area contributed by atoms with Crippen LogP contribution < -0.4 is 5.73 Å². The molecule has 1 aromatic carbocycles. The Morgan fingerprint density at radius 3 is 2.68 bits per heavy atom. The molecule has 1 heterocycles. The van der Waals surface area contributed by atoms with Crippen molar-refractivity contribution < 1.29 is 13.9 Å². The van der Waals surface area contributed by atoms with Crippen LogP contribution in [0.2, 0.25) is 0 Å². The molecule has 100 valence electrons. The number of rotatable bonds is 2. The fraction of sp³-hybridized carbons (Fsp3) is 0.231. The van der Waals surface area contributed by atoms with Crippen LogP contribution in [0.4, 0.5) is 10.2 Å². The molecule has 0 aliphatic carbocycles. The summed E-state index contributed by atoms with van der Waals surface area (Å²) < 4.78 is 19.7. The highest BCUT2D eigenvalue weighted by Gasteiger charge is 2.20. The summed E-state index contributed by atoms with van der Waals surface area (Å²) in [7, 11) is 1.25. The maximum absolute atomic E-state index is 13.6. The summed E-state index contributed by atoms with van der Waals surface area (Å²) in [6.45, 7) is 3.35. The highest BCUT2D eigenvalue weighted by Crippen LogP contribution is 2.22. The molecular formula is C13H14FN3O2. The number of aromatic nitrogens is 2. The smallest absolute Gasteiger partial charge is 0.360 e. The number of hydrogen-bond donors (Lipinski definition) is 1. The Labute approximate surface area is 109 Å². The fourth-order valence-corrected chi connectivity index (χ4v) is 1.84. The van der Waals surface area contributed by atoms with Gasteiger partial charge >= 0.3 is 5.97 Å². The molecule has 0 fully saturated rings. The zero-order valence-electron chi connectivity index (χ0n) is 10.9. The van der Waals surface area contributed by atoms with E-state index < -0.39 is 5.97 Å². The van der Waals surface area contributed by atoms with Crippen molar-refractivity contribution in [2.24, 2.45) is 0 Å². The molecule has 1 aromatic heterocycles. The lowest BCUT2D eigenvalue weighted by Crippen LogP contribution is -2.08. The van der Waals surface area contributed by atoms with Gasteiger partial charge in [-0.3, -0.25) is 4.57 Å². The Kier molecular flexibility index (Phi) is 3.25. The van der Waals surface area contributed by atoms with Crippen LogP contribution in [0.15, 0.2) is 18.2 Å². The molecule has 2 N–H and O–H groups in total. The van der Waals surface area contributed by atoms with E-state index in [4.69, 9.17) is 5.73 Å². The van der Waals surface area contributed by atoms with Crippen molar-refractivity contribution in [2.45, 2.75) is 13.8 Å². The first kappa shape index (κ1) is 13.1. The van der Waals surface area contributed by atoms with Gasteiger partial charge in [0.1, 0.15) is 17.5 Å². The van der Waals surface area contributed by atoms with Crippen LogP contribution in [0.3, 0.4) is 0 Å². The first-order valence-electron chi connectivity index (χ1n) is 5.65. The highest BCUT2D eigenvalue weighted by molar-refractivity contribution is 5.92. The fourth-order valence-electron chi connectivity index (χ4n) is 1.84. The predicted octanol–water partition coefficient (Wildman–Crippen LogP) is 2.00. The number of nitrogens with two attached hydrogens (primary N) is 1. The standard InChI is InChI=1S/C13H14FN3O2/c1-7-4-5-9(6-10(7)14)17-8(2)16-11(12(17)15)13(18)19-3/h4-6H,15H2,1-3H3. The van der Waals surface area contributed by atoms with Crippen LogP contribution in [0, 0.1) is 19.7 Å². The number of hydrogen-bond acceptors (Lipinski definition) is 4. The van der Waals surface area contributed by atoms with E-state index >= 15 is 0 Å². The monoisotopic (exact) mass is 263 g/mol. The second kappa shape index (κ2) is 4.72. The van der Waals surface area contributed by atoms with Crippen molar-refractivity contribution in [3.05, 3.63) is 41.1 Å². The number of carbonyl (C=O) groups excluding carboxylic acids is 1. The van der Waals surface area contributed by atoms with Gasteiger partial charge in [0.15, 0.2) is 5.69 Å². The summed E-state index contributed by atoms with van der Waals surface area (Å²) in [5.41, 5.74) is 6.96. The number of methoxy groups -OCH3 is 1. The second-order valence-corrected chi connectivity index (χ2v) is 4.15. The van der Waals surface area contributed by atoms with Gasteiger partial charge in [-0.05, 0) is 31.5 Å². The molecule has 0 aliphatic rings. The Hall–Kier alpha value is -2.37. The van der Waals surface area contributed by atoms with Gasteiger partial charge < -0.3 is 10.5 Å². The van der Waals surface area contributed by atoms with Gasteiger partial charge in [-0.25, -0.2) is 14.2 Å². The topological polar surface area (TPSA) is 70.1 Å². The molecule has 0 atom stereocenters. The summed E-state index contributed by atoms with van der Waals surface area (Å²) in [6, 6.07) is 4.70. The number of nitrogens with zero attached hydrogens (tertiary/aromatic N) is 2. The number of carbonyl (C=O) groups is 1. The van der Waals surface area contributed by atoms with E-state index in [1.54, 1.807) is 26.0 Å². The van der Waals surface area contributed by atoms with Crippen LogP contribution >= 0.6 is 0 Å². The Morgan fingerprint density at radius 1 is 1.42 bits per heavy atom. The molecule has 0 aliphatic heterocycles. The van der Waals surface area contributed by atoms with Gasteiger partial charge in [0, 0.05) is 0 Å². The van der Waals surface area contributed by atoms with E-state index in [2.05, 4.69) is 9.72 Å². The normalized spacial score (nSPS) is 10.5. The average molecular weight is 263 g/mol. The van der Waals surface area contributed by atoms with E-state index in [0.717, 1.165) is 0 Å². The third-order valence-corrected chi connectivity index (χ3v) is 2.87. The Morgan fingerprint density at radius 2 is 2.11 bits per heavy atom. The second-order valence-electron chi connectivity index (χ2n) is 4.15. The molecule has 0 bridgehead atoms. The maximum Gasteiger partial charge on any atom is 0.360 e. The van der Waals surface area contributed by atoms with Crippen LogP contribution in [-0.2, 0) is 4.74 Å². The van der Waals surface area contributed by atoms with Gasteiger partial charge in [0.25, 0.3) is 0 Å². The lowest BCUT2D eigenvalue weighted by atomic mass is 10.2. The van der Waals surface area contributed by atoms with E-state index in [1.165, 1.54) is 17.7 Å². The molecule has 0 saturated heterocycles. The molecule has 0 unspecified atom stereocenters. The number of esters is 1. The zero-order chi connectivity index (χ0) is 14.2. The quantitative estimate of drug-likeness (QED) is 0.841. The number of benzene rings is 1. The van der Waals surface area contributed by atoms with Crippen LogP contribution in [0.1, 0.15) is 21.9 Å². The lowest BCUT2D eigenvalue weighted by Gasteiger charge is -2.08. The minimum atomic E-state index is -0.619.